The van der Waals surface area contributed by atoms with Crippen molar-refractivity contribution in [3.8, 4) is 11.3 Å². The number of carbonyl (C=O) groups excluding carboxylic acids is 1. The summed E-state index contributed by atoms with van der Waals surface area (Å²) in [5.74, 6) is 0.126. The van der Waals surface area contributed by atoms with Crippen molar-refractivity contribution in [1.29, 1.82) is 0 Å². The highest BCUT2D eigenvalue weighted by Crippen LogP contribution is 2.34. The molecule has 0 atom stereocenters. The monoisotopic (exact) mass is 380 g/mol. The van der Waals surface area contributed by atoms with Crippen molar-refractivity contribution < 1.29 is 9.21 Å². The summed E-state index contributed by atoms with van der Waals surface area (Å²) in [4.78, 5) is 12.3. The molecule has 24 heavy (non-hydrogen) atoms. The molecule has 122 valence electrons. The summed E-state index contributed by atoms with van der Waals surface area (Å²) < 4.78 is 5.58. The van der Waals surface area contributed by atoms with Gasteiger partial charge >= 0.3 is 0 Å². The number of carbonyl (C=O) groups is 1. The third kappa shape index (κ3) is 3.36. The van der Waals surface area contributed by atoms with Gasteiger partial charge in [-0.3, -0.25) is 4.79 Å². The topological polar surface area (TPSA) is 68.3 Å². The summed E-state index contributed by atoms with van der Waals surface area (Å²) in [7, 11) is 0. The first kappa shape index (κ1) is 16.7. The largest absolute Gasteiger partial charge is 0.451 e. The lowest BCUT2D eigenvalue weighted by molar-refractivity contribution is 0.0997. The Kier molecular flexibility index (Phi) is 4.71. The highest BCUT2D eigenvalue weighted by molar-refractivity contribution is 6.43. The van der Waals surface area contributed by atoms with Crippen LogP contribution in [0.5, 0.6) is 0 Å². The van der Waals surface area contributed by atoms with Gasteiger partial charge in [-0.2, -0.15) is 0 Å². The van der Waals surface area contributed by atoms with Gasteiger partial charge in [-0.15, -0.1) is 0 Å². The van der Waals surface area contributed by atoms with E-state index in [4.69, 9.17) is 45.0 Å². The summed E-state index contributed by atoms with van der Waals surface area (Å²) in [6.07, 6.45) is 0. The van der Waals surface area contributed by atoms with Crippen LogP contribution in [0.2, 0.25) is 15.1 Å². The van der Waals surface area contributed by atoms with Crippen LogP contribution in [0.15, 0.2) is 52.9 Å². The van der Waals surface area contributed by atoms with Gasteiger partial charge in [0.1, 0.15) is 5.76 Å². The van der Waals surface area contributed by atoms with Crippen LogP contribution in [0.1, 0.15) is 10.6 Å². The Labute approximate surface area is 153 Å². The van der Waals surface area contributed by atoms with Gasteiger partial charge < -0.3 is 15.5 Å². The van der Waals surface area contributed by atoms with E-state index in [1.807, 2.05) is 0 Å². The second-order valence-corrected chi connectivity index (χ2v) is 6.17. The number of hydrogen-bond acceptors (Lipinski definition) is 3. The van der Waals surface area contributed by atoms with E-state index in [-0.39, 0.29) is 5.76 Å². The number of anilines is 2. The van der Waals surface area contributed by atoms with E-state index >= 15 is 0 Å². The number of nitrogens with one attached hydrogen (secondary N) is 1. The van der Waals surface area contributed by atoms with Gasteiger partial charge in [-0.1, -0.05) is 40.9 Å². The molecule has 0 aliphatic heterocycles. The van der Waals surface area contributed by atoms with E-state index in [0.717, 1.165) is 0 Å². The molecule has 3 N–H and O–H groups in total. The fourth-order valence-electron chi connectivity index (χ4n) is 2.13. The number of hydrogen-bond donors (Lipinski definition) is 2. The van der Waals surface area contributed by atoms with E-state index in [1.165, 1.54) is 0 Å². The zero-order valence-corrected chi connectivity index (χ0v) is 14.4. The molecular weight excluding hydrogens is 371 g/mol. The van der Waals surface area contributed by atoms with Crippen LogP contribution in [0.4, 0.5) is 11.4 Å². The molecule has 0 unspecified atom stereocenters. The summed E-state index contributed by atoms with van der Waals surface area (Å²) in [6.45, 7) is 0. The molecule has 0 fully saturated rings. The fourth-order valence-corrected chi connectivity index (χ4v) is 2.70. The molecule has 7 heteroatoms. The van der Waals surface area contributed by atoms with E-state index in [9.17, 15) is 4.79 Å². The molecule has 0 saturated heterocycles. The van der Waals surface area contributed by atoms with Crippen molar-refractivity contribution in [1.82, 2.24) is 0 Å². The average molecular weight is 382 g/mol. The van der Waals surface area contributed by atoms with Crippen molar-refractivity contribution in [3.05, 3.63) is 69.4 Å². The predicted octanol–water partition coefficient (Wildman–Crippen LogP) is 5.74. The summed E-state index contributed by atoms with van der Waals surface area (Å²) in [5, 5.41) is 3.93. The van der Waals surface area contributed by atoms with Gasteiger partial charge in [0.05, 0.1) is 21.4 Å². The third-order valence-corrected chi connectivity index (χ3v) is 4.36. The molecule has 3 rings (SSSR count). The lowest BCUT2D eigenvalue weighted by Gasteiger charge is -2.07. The molecule has 0 aliphatic rings. The van der Waals surface area contributed by atoms with E-state index in [2.05, 4.69) is 5.32 Å². The van der Waals surface area contributed by atoms with Crippen LogP contribution in [0, 0.1) is 0 Å². The minimum atomic E-state index is -0.437. The Balaban J connectivity index is 1.85. The maximum atomic E-state index is 12.3. The summed E-state index contributed by atoms with van der Waals surface area (Å²) in [6, 6.07) is 13.2. The quantitative estimate of drug-likeness (QED) is 0.568. The Morgan fingerprint density at radius 2 is 1.83 bits per heavy atom. The number of furan rings is 1. The van der Waals surface area contributed by atoms with Gasteiger partial charge in [0.2, 0.25) is 0 Å². The van der Waals surface area contributed by atoms with Gasteiger partial charge in [0, 0.05) is 10.6 Å². The zero-order chi connectivity index (χ0) is 17.3. The third-order valence-electron chi connectivity index (χ3n) is 3.31. The second-order valence-electron chi connectivity index (χ2n) is 4.95. The van der Waals surface area contributed by atoms with Crippen LogP contribution in [0.25, 0.3) is 11.3 Å². The first-order valence-corrected chi connectivity index (χ1v) is 7.99. The summed E-state index contributed by atoms with van der Waals surface area (Å²) >= 11 is 18.0. The maximum absolute atomic E-state index is 12.3. The first-order valence-electron chi connectivity index (χ1n) is 6.86. The van der Waals surface area contributed by atoms with Crippen molar-refractivity contribution in [2.24, 2.45) is 0 Å². The van der Waals surface area contributed by atoms with E-state index < -0.39 is 5.91 Å². The van der Waals surface area contributed by atoms with E-state index in [1.54, 1.807) is 48.5 Å². The molecule has 0 radical (unpaired) electrons. The molecular formula is C17H11Cl3N2O2. The molecule has 1 heterocycles. The number of rotatable bonds is 3. The van der Waals surface area contributed by atoms with Crippen molar-refractivity contribution >= 4 is 52.1 Å². The van der Waals surface area contributed by atoms with Crippen molar-refractivity contribution in [3.63, 3.8) is 0 Å². The summed E-state index contributed by atoms with van der Waals surface area (Å²) in [5.41, 5.74) is 7.23. The first-order chi connectivity index (χ1) is 11.5. The predicted molar refractivity (Wildman–Crippen MR) is 98.0 cm³/mol. The molecule has 0 bridgehead atoms. The molecule has 4 nitrogen and oxygen atoms in total. The lowest BCUT2D eigenvalue weighted by atomic mass is 10.2. The van der Waals surface area contributed by atoms with Crippen molar-refractivity contribution in [2.75, 3.05) is 11.1 Å². The second kappa shape index (κ2) is 6.77. The normalized spacial score (nSPS) is 10.6. The minimum absolute atomic E-state index is 0.121. The minimum Gasteiger partial charge on any atom is -0.451 e. The number of nitrogen functional groups attached to an aromatic ring is 1. The lowest BCUT2D eigenvalue weighted by Crippen LogP contribution is -2.12. The highest BCUT2D eigenvalue weighted by Gasteiger charge is 2.16. The number of nitrogens with two attached hydrogens (primary N) is 1. The SMILES string of the molecule is Nc1cc(Cl)ccc1NC(=O)c1ccc(-c2cccc(Cl)c2Cl)o1. The highest BCUT2D eigenvalue weighted by atomic mass is 35.5. The van der Waals surface area contributed by atoms with Crippen LogP contribution in [0.3, 0.4) is 0 Å². The fraction of sp³-hybridized carbons (Fsp3) is 0. The van der Waals surface area contributed by atoms with Gasteiger partial charge in [0.25, 0.3) is 5.91 Å². The molecule has 0 saturated carbocycles. The molecule has 3 aromatic rings. The van der Waals surface area contributed by atoms with Gasteiger partial charge in [0.15, 0.2) is 5.76 Å². The average Bonchev–Trinajstić information content (AvgIpc) is 3.02. The van der Waals surface area contributed by atoms with E-state index in [0.29, 0.717) is 37.8 Å². The molecule has 0 spiro atoms. The molecule has 0 aliphatic carbocycles. The molecule has 1 aromatic heterocycles. The number of halogens is 3. The number of benzene rings is 2. The number of amides is 1. The standard InChI is InChI=1S/C17H11Cl3N2O2/c18-9-4-5-13(12(21)8-9)22-17(23)15-7-6-14(24-15)10-2-1-3-11(19)16(10)20/h1-8H,21H2,(H,22,23). The smallest absolute Gasteiger partial charge is 0.291 e. The van der Waals surface area contributed by atoms with Crippen molar-refractivity contribution in [2.45, 2.75) is 0 Å². The van der Waals surface area contributed by atoms with Crippen LogP contribution in [-0.2, 0) is 0 Å². The Bertz CT molecular complexity index is 922. The molecule has 1 amide bonds. The van der Waals surface area contributed by atoms with Crippen LogP contribution >= 0.6 is 34.8 Å². The van der Waals surface area contributed by atoms with Gasteiger partial charge in [-0.25, -0.2) is 0 Å². The Morgan fingerprint density at radius 3 is 2.58 bits per heavy atom. The van der Waals surface area contributed by atoms with Gasteiger partial charge in [-0.05, 0) is 42.5 Å². The zero-order valence-electron chi connectivity index (χ0n) is 12.1. The maximum Gasteiger partial charge on any atom is 0.291 e. The Hall–Kier alpha value is -2.14. The molecule has 2 aromatic carbocycles. The van der Waals surface area contributed by atoms with Crippen LogP contribution < -0.4 is 11.1 Å². The van der Waals surface area contributed by atoms with Crippen LogP contribution in [-0.4, -0.2) is 5.91 Å². The Morgan fingerprint density at radius 1 is 1.04 bits per heavy atom.